The fourth-order valence-electron chi connectivity index (χ4n) is 1.46. The molecule has 0 saturated heterocycles. The van der Waals surface area contributed by atoms with Gasteiger partial charge in [-0.1, -0.05) is 23.2 Å². The minimum absolute atomic E-state index is 0.0328. The summed E-state index contributed by atoms with van der Waals surface area (Å²) in [4.78, 5) is 18.9. The normalized spacial score (nSPS) is 10.3. The van der Waals surface area contributed by atoms with Crippen molar-refractivity contribution >= 4 is 41.0 Å². The van der Waals surface area contributed by atoms with E-state index in [0.717, 1.165) is 0 Å². The number of rotatable bonds is 3. The van der Waals surface area contributed by atoms with Gasteiger partial charge >= 0.3 is 0 Å². The average molecular weight is 300 g/mol. The molecule has 0 amide bonds. The van der Waals surface area contributed by atoms with E-state index in [1.54, 1.807) is 6.92 Å². The molecule has 0 saturated carbocycles. The summed E-state index contributed by atoms with van der Waals surface area (Å²) in [5.41, 5.74) is 0.622. The molecule has 4 nitrogen and oxygen atoms in total. The van der Waals surface area contributed by atoms with Gasteiger partial charge in [0.15, 0.2) is 6.29 Å². The number of benzene rings is 1. The maximum atomic E-state index is 13.0. The summed E-state index contributed by atoms with van der Waals surface area (Å²) in [6.45, 7) is 1.64. The number of nitrogens with one attached hydrogen (secondary N) is 1. The van der Waals surface area contributed by atoms with Gasteiger partial charge in [0.2, 0.25) is 0 Å². The van der Waals surface area contributed by atoms with Gasteiger partial charge in [0, 0.05) is 5.69 Å². The molecule has 19 heavy (non-hydrogen) atoms. The molecule has 1 aromatic carbocycles. The summed E-state index contributed by atoms with van der Waals surface area (Å²) in [7, 11) is 0. The Labute approximate surface area is 118 Å². The molecule has 1 N–H and O–H groups in total. The quantitative estimate of drug-likeness (QED) is 0.692. The summed E-state index contributed by atoms with van der Waals surface area (Å²) in [5.74, 6) is 0.126. The van der Waals surface area contributed by atoms with Crippen LogP contribution in [0.25, 0.3) is 0 Å². The second-order valence-electron chi connectivity index (χ2n) is 3.70. The monoisotopic (exact) mass is 299 g/mol. The Morgan fingerprint density at radius 3 is 2.68 bits per heavy atom. The van der Waals surface area contributed by atoms with Crippen molar-refractivity contribution in [3.63, 3.8) is 0 Å². The van der Waals surface area contributed by atoms with E-state index in [1.807, 2.05) is 0 Å². The molecule has 0 aliphatic rings. The Morgan fingerprint density at radius 2 is 2.05 bits per heavy atom. The number of aromatic nitrogens is 2. The third-order valence-corrected chi connectivity index (χ3v) is 2.89. The first-order valence-electron chi connectivity index (χ1n) is 5.22. The number of nitrogens with zero attached hydrogens (tertiary/aromatic N) is 2. The summed E-state index contributed by atoms with van der Waals surface area (Å²) in [6.07, 6.45) is 0.551. The molecule has 0 unspecified atom stereocenters. The Balaban J connectivity index is 2.42. The molecule has 7 heteroatoms. The fourth-order valence-corrected chi connectivity index (χ4v) is 1.89. The molecule has 0 aliphatic carbocycles. The lowest BCUT2D eigenvalue weighted by molar-refractivity contribution is 0.112. The van der Waals surface area contributed by atoms with Crippen molar-refractivity contribution in [3.8, 4) is 0 Å². The number of aryl methyl sites for hydroxylation is 1. The van der Waals surface area contributed by atoms with Gasteiger partial charge in [-0.2, -0.15) is 0 Å². The molecule has 98 valence electrons. The standard InChI is InChI=1S/C12H8Cl2FN3O/c1-6-16-11(14)8(5-19)12(17-6)18-7-2-3-10(15)9(13)4-7/h2-5H,1H3,(H,16,17,18). The molecular formula is C12H8Cl2FN3O. The molecule has 0 atom stereocenters. The third-order valence-electron chi connectivity index (χ3n) is 2.31. The van der Waals surface area contributed by atoms with E-state index < -0.39 is 5.82 Å². The number of anilines is 2. The molecule has 0 aliphatic heterocycles. The van der Waals surface area contributed by atoms with Crippen molar-refractivity contribution in [1.82, 2.24) is 9.97 Å². The lowest BCUT2D eigenvalue weighted by Gasteiger charge is -2.10. The number of aldehydes is 1. The maximum Gasteiger partial charge on any atom is 0.156 e. The van der Waals surface area contributed by atoms with Gasteiger partial charge in [0.25, 0.3) is 0 Å². The third kappa shape index (κ3) is 3.00. The van der Waals surface area contributed by atoms with Gasteiger partial charge in [-0.05, 0) is 25.1 Å². The number of hydrogen-bond donors (Lipinski definition) is 1. The molecule has 1 aromatic heterocycles. The van der Waals surface area contributed by atoms with Crippen molar-refractivity contribution in [3.05, 3.63) is 45.6 Å². The van der Waals surface area contributed by atoms with E-state index in [4.69, 9.17) is 23.2 Å². The first kappa shape index (κ1) is 13.7. The van der Waals surface area contributed by atoms with Crippen molar-refractivity contribution < 1.29 is 9.18 Å². The van der Waals surface area contributed by atoms with Crippen LogP contribution in [0.2, 0.25) is 10.2 Å². The predicted octanol–water partition coefficient (Wildman–Crippen LogP) is 3.79. The van der Waals surface area contributed by atoms with Crippen molar-refractivity contribution in [2.24, 2.45) is 0 Å². The van der Waals surface area contributed by atoms with E-state index in [-0.39, 0.29) is 21.6 Å². The Kier molecular flexibility index (Phi) is 3.97. The Hall–Kier alpha value is -1.72. The van der Waals surface area contributed by atoms with Crippen LogP contribution < -0.4 is 5.32 Å². The number of halogens is 3. The lowest BCUT2D eigenvalue weighted by Crippen LogP contribution is -2.03. The van der Waals surface area contributed by atoms with Gasteiger partial charge < -0.3 is 5.32 Å². The van der Waals surface area contributed by atoms with E-state index in [2.05, 4.69) is 15.3 Å². The lowest BCUT2D eigenvalue weighted by atomic mass is 10.2. The molecule has 2 aromatic rings. The predicted molar refractivity (Wildman–Crippen MR) is 71.9 cm³/mol. The van der Waals surface area contributed by atoms with Crippen LogP contribution in [-0.2, 0) is 0 Å². The van der Waals surface area contributed by atoms with Gasteiger partial charge in [-0.3, -0.25) is 4.79 Å². The fraction of sp³-hybridized carbons (Fsp3) is 0.0833. The van der Waals surface area contributed by atoms with Gasteiger partial charge in [0.1, 0.15) is 22.6 Å². The highest BCUT2D eigenvalue weighted by Gasteiger charge is 2.11. The molecular weight excluding hydrogens is 292 g/mol. The largest absolute Gasteiger partial charge is 0.339 e. The molecule has 0 radical (unpaired) electrons. The minimum Gasteiger partial charge on any atom is -0.339 e. The van der Waals surface area contributed by atoms with Crippen LogP contribution in [0.3, 0.4) is 0 Å². The van der Waals surface area contributed by atoms with Crippen molar-refractivity contribution in [2.45, 2.75) is 6.92 Å². The van der Waals surface area contributed by atoms with Crippen LogP contribution in [-0.4, -0.2) is 16.3 Å². The zero-order valence-electron chi connectivity index (χ0n) is 9.75. The summed E-state index contributed by atoms with van der Waals surface area (Å²) >= 11 is 11.5. The maximum absolute atomic E-state index is 13.0. The first-order chi connectivity index (χ1) is 9.01. The van der Waals surface area contributed by atoms with E-state index in [9.17, 15) is 9.18 Å². The Bertz CT molecular complexity index is 649. The summed E-state index contributed by atoms with van der Waals surface area (Å²) in [5, 5.41) is 2.88. The highest BCUT2D eigenvalue weighted by atomic mass is 35.5. The highest BCUT2D eigenvalue weighted by molar-refractivity contribution is 6.32. The van der Waals surface area contributed by atoms with E-state index in [1.165, 1.54) is 18.2 Å². The number of carbonyl (C=O) groups excluding carboxylic acids is 1. The SMILES string of the molecule is Cc1nc(Cl)c(C=O)c(Nc2ccc(F)c(Cl)c2)n1. The Morgan fingerprint density at radius 1 is 1.32 bits per heavy atom. The summed E-state index contributed by atoms with van der Waals surface area (Å²) in [6, 6.07) is 4.07. The zero-order valence-corrected chi connectivity index (χ0v) is 11.3. The molecule has 1 heterocycles. The van der Waals surface area contributed by atoms with Gasteiger partial charge in [-0.15, -0.1) is 0 Å². The van der Waals surface area contributed by atoms with Gasteiger partial charge in [-0.25, -0.2) is 14.4 Å². The van der Waals surface area contributed by atoms with Crippen molar-refractivity contribution in [2.75, 3.05) is 5.32 Å². The smallest absolute Gasteiger partial charge is 0.156 e. The molecule has 2 rings (SSSR count). The number of hydrogen-bond acceptors (Lipinski definition) is 4. The van der Waals surface area contributed by atoms with E-state index >= 15 is 0 Å². The summed E-state index contributed by atoms with van der Waals surface area (Å²) < 4.78 is 13.0. The average Bonchev–Trinajstić information content (AvgIpc) is 2.33. The topological polar surface area (TPSA) is 54.9 Å². The first-order valence-corrected chi connectivity index (χ1v) is 5.98. The second kappa shape index (κ2) is 5.50. The molecule has 0 bridgehead atoms. The van der Waals surface area contributed by atoms with E-state index in [0.29, 0.717) is 17.8 Å². The van der Waals surface area contributed by atoms with Crippen LogP contribution in [0.1, 0.15) is 16.2 Å². The molecule has 0 spiro atoms. The van der Waals surface area contributed by atoms with Crippen LogP contribution in [0.4, 0.5) is 15.9 Å². The van der Waals surface area contributed by atoms with Crippen molar-refractivity contribution in [1.29, 1.82) is 0 Å². The van der Waals surface area contributed by atoms with Crippen LogP contribution >= 0.6 is 23.2 Å². The molecule has 0 fully saturated rings. The minimum atomic E-state index is -0.528. The van der Waals surface area contributed by atoms with Gasteiger partial charge in [0.05, 0.1) is 10.6 Å². The van der Waals surface area contributed by atoms with Crippen LogP contribution in [0.15, 0.2) is 18.2 Å². The van der Waals surface area contributed by atoms with Crippen LogP contribution in [0.5, 0.6) is 0 Å². The second-order valence-corrected chi connectivity index (χ2v) is 4.46. The van der Waals surface area contributed by atoms with Crippen LogP contribution in [0, 0.1) is 12.7 Å². The zero-order chi connectivity index (χ0) is 14.0. The highest BCUT2D eigenvalue weighted by Crippen LogP contribution is 2.25. The number of carbonyl (C=O) groups is 1.